The minimum absolute atomic E-state index is 0.0728. The van der Waals surface area contributed by atoms with E-state index in [9.17, 15) is 10.0 Å². The molecule has 1 aliphatic heterocycles. The zero-order valence-corrected chi connectivity index (χ0v) is 16.2. The van der Waals surface area contributed by atoms with Crippen LogP contribution >= 0.6 is 0 Å². The number of unbranched alkanes of at least 4 members (excludes halogenated alkanes) is 8. The van der Waals surface area contributed by atoms with Gasteiger partial charge in [-0.15, -0.1) is 5.92 Å². The molecule has 0 saturated carbocycles. The summed E-state index contributed by atoms with van der Waals surface area (Å²) in [5, 5.41) is 14.9. The molecule has 0 fully saturated rings. The summed E-state index contributed by atoms with van der Waals surface area (Å²) in [6.45, 7) is 6.00. The number of nitrogens with one attached hydrogen (secondary N) is 2. The monoisotopic (exact) mass is 349 g/mol. The Morgan fingerprint density at radius 1 is 1.24 bits per heavy atom. The predicted molar refractivity (Wildman–Crippen MR) is 103 cm³/mol. The van der Waals surface area contributed by atoms with Gasteiger partial charge in [-0.05, 0) is 13.3 Å². The lowest BCUT2D eigenvalue weighted by molar-refractivity contribution is -0.743. The summed E-state index contributed by atoms with van der Waals surface area (Å²) >= 11 is 0. The van der Waals surface area contributed by atoms with E-state index in [4.69, 9.17) is 0 Å². The summed E-state index contributed by atoms with van der Waals surface area (Å²) in [6, 6.07) is -0.245. The first kappa shape index (κ1) is 21.7. The van der Waals surface area contributed by atoms with Gasteiger partial charge in [-0.2, -0.15) is 0 Å². The molecule has 0 aromatic rings. The highest BCUT2D eigenvalue weighted by Crippen LogP contribution is 2.09. The largest absolute Gasteiger partial charge is 0.628 e. The maximum absolute atomic E-state index is 12.0. The van der Waals surface area contributed by atoms with Crippen molar-refractivity contribution in [1.82, 2.24) is 5.32 Å². The standard InChI is InChI=1S/C20H35N3O2/c1-4-5-6-7-8-9-10-11-12-13-14-15-20-22-19(16-23(20)25)17(2)21-18(3)24/h17,19,23H,4-12,15-16H2,1-3H3,(H,21,24). The molecule has 2 N–H and O–H groups in total. The van der Waals surface area contributed by atoms with Gasteiger partial charge in [-0.1, -0.05) is 57.8 Å². The van der Waals surface area contributed by atoms with Crippen molar-refractivity contribution < 1.29 is 9.86 Å². The number of rotatable bonds is 11. The van der Waals surface area contributed by atoms with E-state index in [1.165, 1.54) is 51.9 Å². The Bertz CT molecular complexity index is 479. The van der Waals surface area contributed by atoms with Gasteiger partial charge in [0.05, 0.1) is 6.04 Å². The molecule has 1 amide bonds. The van der Waals surface area contributed by atoms with E-state index in [1.807, 2.05) is 6.92 Å². The number of quaternary nitrogens is 1. The van der Waals surface area contributed by atoms with Gasteiger partial charge in [-0.3, -0.25) is 4.79 Å². The van der Waals surface area contributed by atoms with E-state index in [2.05, 4.69) is 29.1 Å². The highest BCUT2D eigenvalue weighted by molar-refractivity contribution is 5.78. The summed E-state index contributed by atoms with van der Waals surface area (Å²) < 4.78 is 0. The molecule has 0 saturated heterocycles. The summed E-state index contributed by atoms with van der Waals surface area (Å²) in [6.07, 6.45) is 11.8. The molecule has 0 spiro atoms. The molecule has 0 aromatic carbocycles. The van der Waals surface area contributed by atoms with Crippen LogP contribution in [0.25, 0.3) is 0 Å². The second-order valence-corrected chi connectivity index (χ2v) is 7.01. The molecule has 25 heavy (non-hydrogen) atoms. The first-order valence-electron chi connectivity index (χ1n) is 9.87. The van der Waals surface area contributed by atoms with E-state index < -0.39 is 0 Å². The molecule has 3 atom stereocenters. The molecule has 0 bridgehead atoms. The quantitative estimate of drug-likeness (QED) is 0.342. The smallest absolute Gasteiger partial charge is 0.217 e. The van der Waals surface area contributed by atoms with Crippen molar-refractivity contribution in [2.24, 2.45) is 4.99 Å². The number of aliphatic imine (C=N–C) groups is 1. The molecule has 0 aromatic heterocycles. The third-order valence-electron chi connectivity index (χ3n) is 4.58. The molecule has 5 heteroatoms. The summed E-state index contributed by atoms with van der Waals surface area (Å²) in [4.78, 5) is 15.5. The molecular formula is C20H35N3O2. The van der Waals surface area contributed by atoms with E-state index in [0.717, 1.165) is 12.8 Å². The molecule has 0 aliphatic carbocycles. The summed E-state index contributed by atoms with van der Waals surface area (Å²) in [5.41, 5.74) is 0. The minimum Gasteiger partial charge on any atom is -0.628 e. The van der Waals surface area contributed by atoms with Crippen LogP contribution in [0.1, 0.15) is 85.0 Å². The second-order valence-electron chi connectivity index (χ2n) is 7.01. The maximum Gasteiger partial charge on any atom is 0.217 e. The lowest BCUT2D eigenvalue weighted by Crippen LogP contribution is -3.09. The first-order valence-corrected chi connectivity index (χ1v) is 9.87. The van der Waals surface area contributed by atoms with Crippen LogP contribution in [-0.2, 0) is 4.79 Å². The Hall–Kier alpha value is -1.38. The average molecular weight is 350 g/mol. The maximum atomic E-state index is 12.0. The molecule has 1 rings (SSSR count). The van der Waals surface area contributed by atoms with Gasteiger partial charge in [-0.25, -0.2) is 4.99 Å². The third-order valence-corrected chi connectivity index (χ3v) is 4.58. The lowest BCUT2D eigenvalue weighted by Gasteiger charge is -2.19. The first-order chi connectivity index (χ1) is 12.0. The van der Waals surface area contributed by atoms with Gasteiger partial charge in [0, 0.05) is 13.3 Å². The second kappa shape index (κ2) is 12.9. The fourth-order valence-corrected chi connectivity index (χ4v) is 3.06. The Balaban J connectivity index is 2.16. The van der Waals surface area contributed by atoms with Crippen LogP contribution in [-0.4, -0.2) is 30.4 Å². The zero-order valence-electron chi connectivity index (χ0n) is 16.2. The lowest BCUT2D eigenvalue weighted by atomic mass is 10.1. The number of hydrogen-bond donors (Lipinski definition) is 2. The number of carbonyl (C=O) groups excluding carboxylic acids is 1. The number of amides is 1. The van der Waals surface area contributed by atoms with Gasteiger partial charge < -0.3 is 15.6 Å². The van der Waals surface area contributed by atoms with Gasteiger partial charge in [0.2, 0.25) is 11.7 Å². The molecule has 1 aliphatic rings. The van der Waals surface area contributed by atoms with Gasteiger partial charge in [0.25, 0.3) is 0 Å². The Morgan fingerprint density at radius 2 is 1.88 bits per heavy atom. The summed E-state index contributed by atoms with van der Waals surface area (Å²) in [7, 11) is 0. The predicted octanol–water partition coefficient (Wildman–Crippen LogP) is 2.60. The fourth-order valence-electron chi connectivity index (χ4n) is 3.06. The molecule has 1 heterocycles. The zero-order chi connectivity index (χ0) is 18.5. The van der Waals surface area contributed by atoms with Gasteiger partial charge in [0.15, 0.2) is 0 Å². The van der Waals surface area contributed by atoms with Crippen molar-refractivity contribution in [3.05, 3.63) is 5.21 Å². The van der Waals surface area contributed by atoms with Crippen molar-refractivity contribution >= 4 is 11.7 Å². The Morgan fingerprint density at radius 3 is 2.52 bits per heavy atom. The fraction of sp³-hybridized carbons (Fsp3) is 0.800. The van der Waals surface area contributed by atoms with E-state index in [1.54, 1.807) is 0 Å². The Labute approximate surface area is 153 Å². The van der Waals surface area contributed by atoms with Crippen molar-refractivity contribution in [3.8, 4) is 11.8 Å². The van der Waals surface area contributed by atoms with Crippen LogP contribution < -0.4 is 10.4 Å². The molecule has 0 radical (unpaired) electrons. The van der Waals surface area contributed by atoms with Crippen LogP contribution in [0, 0.1) is 17.0 Å². The normalized spacial score (nSPS) is 20.6. The van der Waals surface area contributed by atoms with E-state index in [-0.39, 0.29) is 23.1 Å². The number of nitrogens with zero attached hydrogens (tertiary/aromatic N) is 1. The highest BCUT2D eigenvalue weighted by Gasteiger charge is 2.29. The third kappa shape index (κ3) is 9.62. The van der Waals surface area contributed by atoms with Crippen molar-refractivity contribution in [3.63, 3.8) is 0 Å². The van der Waals surface area contributed by atoms with Gasteiger partial charge >= 0.3 is 0 Å². The van der Waals surface area contributed by atoms with Crippen LogP contribution in [0.4, 0.5) is 0 Å². The van der Waals surface area contributed by atoms with E-state index >= 15 is 0 Å². The highest BCUT2D eigenvalue weighted by atomic mass is 16.5. The average Bonchev–Trinajstić information content (AvgIpc) is 2.93. The van der Waals surface area contributed by atoms with Crippen LogP contribution in [0.2, 0.25) is 0 Å². The number of carbonyl (C=O) groups is 1. The number of hydrogen-bond acceptors (Lipinski definition) is 3. The van der Waals surface area contributed by atoms with E-state index in [0.29, 0.717) is 18.8 Å². The minimum atomic E-state index is -0.138. The molecule has 142 valence electrons. The molecule has 3 unspecified atom stereocenters. The molecular weight excluding hydrogens is 314 g/mol. The Kier molecular flexibility index (Phi) is 11.2. The van der Waals surface area contributed by atoms with Gasteiger partial charge in [0.1, 0.15) is 19.0 Å². The number of hydroxylamine groups is 2. The number of amidine groups is 1. The van der Waals surface area contributed by atoms with Crippen LogP contribution in [0.3, 0.4) is 0 Å². The van der Waals surface area contributed by atoms with Crippen molar-refractivity contribution in [2.75, 3.05) is 6.54 Å². The van der Waals surface area contributed by atoms with Crippen molar-refractivity contribution in [2.45, 2.75) is 97.1 Å². The topological polar surface area (TPSA) is 69.0 Å². The SMILES string of the molecule is CCCCCCCCCCC#CCC1=NC(C(C)NC(C)=O)C[NH+]1[O-]. The molecule has 5 nitrogen and oxygen atoms in total. The van der Waals surface area contributed by atoms with Crippen molar-refractivity contribution in [1.29, 1.82) is 0 Å². The summed E-state index contributed by atoms with van der Waals surface area (Å²) in [5.74, 6) is 6.74. The van der Waals surface area contributed by atoms with Crippen LogP contribution in [0.5, 0.6) is 0 Å². The van der Waals surface area contributed by atoms with Crippen LogP contribution in [0.15, 0.2) is 4.99 Å².